The van der Waals surface area contributed by atoms with E-state index in [1.54, 1.807) is 0 Å². The van der Waals surface area contributed by atoms with E-state index >= 15 is 0 Å². The van der Waals surface area contributed by atoms with Crippen LogP contribution in [0.4, 0.5) is 0 Å². The Hall–Kier alpha value is -1.96. The van der Waals surface area contributed by atoms with Crippen LogP contribution in [0.25, 0.3) is 11.1 Å². The van der Waals surface area contributed by atoms with E-state index < -0.39 is 10.0 Å². The molecule has 1 aliphatic rings. The Kier molecular flexibility index (Phi) is 4.93. The maximum Gasteiger partial charge on any atom is 0.248 e. The van der Waals surface area contributed by atoms with Gasteiger partial charge in [-0.15, -0.1) is 11.3 Å². The lowest BCUT2D eigenvalue weighted by Gasteiger charge is -2.14. The Balaban J connectivity index is 1.74. The Labute approximate surface area is 170 Å². The number of aryl methyl sites for hydroxylation is 1. The van der Waals surface area contributed by atoms with Crippen LogP contribution in [0.15, 0.2) is 40.9 Å². The number of thiophene rings is 1. The predicted molar refractivity (Wildman–Crippen MR) is 113 cm³/mol. The first-order valence-corrected chi connectivity index (χ1v) is 11.9. The lowest BCUT2D eigenvalue weighted by molar-refractivity contribution is 0.600. The molecule has 1 aromatic carbocycles. The Bertz CT molecular complexity index is 1110. The molecule has 28 heavy (non-hydrogen) atoms. The molecule has 1 atom stereocenters. The van der Waals surface area contributed by atoms with Crippen LogP contribution in [0.2, 0.25) is 0 Å². The van der Waals surface area contributed by atoms with Gasteiger partial charge in [-0.2, -0.15) is 0 Å². The number of imidazole rings is 1. The van der Waals surface area contributed by atoms with Gasteiger partial charge in [0.05, 0.1) is 6.04 Å². The molecular formula is C21H25N3O2S2. The zero-order valence-corrected chi connectivity index (χ0v) is 18.0. The monoisotopic (exact) mass is 415 g/mol. The van der Waals surface area contributed by atoms with E-state index in [4.69, 9.17) is 5.14 Å². The van der Waals surface area contributed by atoms with Crippen molar-refractivity contribution < 1.29 is 8.42 Å². The molecule has 5 nitrogen and oxygen atoms in total. The fourth-order valence-electron chi connectivity index (χ4n) is 4.06. The van der Waals surface area contributed by atoms with Gasteiger partial charge in [-0.25, -0.2) is 18.5 Å². The second-order valence-corrected chi connectivity index (χ2v) is 10.7. The molecule has 0 fully saturated rings. The van der Waals surface area contributed by atoms with Crippen LogP contribution < -0.4 is 5.14 Å². The lowest BCUT2D eigenvalue weighted by atomic mass is 9.97. The second-order valence-electron chi connectivity index (χ2n) is 7.88. The first-order chi connectivity index (χ1) is 13.3. The molecule has 1 unspecified atom stereocenters. The highest BCUT2D eigenvalue weighted by Gasteiger charge is 2.26. The zero-order chi connectivity index (χ0) is 20.1. The number of hydrogen-bond donors (Lipinski definition) is 1. The molecule has 3 aromatic rings. The fraction of sp³-hybridized carbons (Fsp3) is 0.381. The number of fused-ring (bicyclic) bond motifs is 1. The molecule has 0 amide bonds. The summed E-state index contributed by atoms with van der Waals surface area (Å²) in [6, 6.07) is 8.53. The molecule has 0 radical (unpaired) electrons. The van der Waals surface area contributed by atoms with E-state index in [9.17, 15) is 8.42 Å². The van der Waals surface area contributed by atoms with Crippen LogP contribution in [0.1, 0.15) is 48.1 Å². The van der Waals surface area contributed by atoms with Gasteiger partial charge in [-0.1, -0.05) is 38.1 Å². The van der Waals surface area contributed by atoms with Crippen molar-refractivity contribution in [2.75, 3.05) is 0 Å². The van der Waals surface area contributed by atoms with Gasteiger partial charge in [0.25, 0.3) is 0 Å². The van der Waals surface area contributed by atoms with Crippen molar-refractivity contribution in [3.8, 4) is 11.1 Å². The molecule has 1 aliphatic heterocycles. The third-order valence-electron chi connectivity index (χ3n) is 5.38. The molecule has 0 aliphatic carbocycles. The lowest BCUT2D eigenvalue weighted by Crippen LogP contribution is -2.11. The van der Waals surface area contributed by atoms with Crippen molar-refractivity contribution in [1.82, 2.24) is 9.55 Å². The maximum atomic E-state index is 12.2. The van der Waals surface area contributed by atoms with Crippen molar-refractivity contribution in [2.24, 2.45) is 11.1 Å². The molecule has 4 rings (SSSR count). The van der Waals surface area contributed by atoms with Crippen molar-refractivity contribution in [1.29, 1.82) is 0 Å². The van der Waals surface area contributed by atoms with Gasteiger partial charge >= 0.3 is 0 Å². The summed E-state index contributed by atoms with van der Waals surface area (Å²) < 4.78 is 27.0. The van der Waals surface area contributed by atoms with Crippen molar-refractivity contribution in [2.45, 2.75) is 50.3 Å². The second kappa shape index (κ2) is 7.13. The van der Waals surface area contributed by atoms with Crippen LogP contribution in [-0.4, -0.2) is 18.0 Å². The van der Waals surface area contributed by atoms with Crippen molar-refractivity contribution in [3.63, 3.8) is 0 Å². The standard InChI is InChI=1S/C21H25N3O2S2/c1-13(2)12-18-14(3)20(21(27-18)28(22,25)26)16-6-4-15(5-7-16)17-8-9-19-23-10-11-24(17)19/h4-7,10-11,13,17H,8-9,12H2,1-3H3,(H2,22,25,26). The number of rotatable bonds is 5. The smallest absolute Gasteiger partial charge is 0.248 e. The average Bonchev–Trinajstić information content (AvgIpc) is 3.30. The molecule has 7 heteroatoms. The minimum Gasteiger partial charge on any atom is -0.327 e. The van der Waals surface area contributed by atoms with Crippen LogP contribution in [-0.2, 0) is 22.9 Å². The number of nitrogens with two attached hydrogens (primary N) is 1. The van der Waals surface area contributed by atoms with Crippen LogP contribution in [0.5, 0.6) is 0 Å². The highest BCUT2D eigenvalue weighted by atomic mass is 32.2. The van der Waals surface area contributed by atoms with E-state index in [1.165, 1.54) is 16.9 Å². The highest BCUT2D eigenvalue weighted by Crippen LogP contribution is 2.40. The number of nitrogens with zero attached hydrogens (tertiary/aromatic N) is 2. The number of sulfonamides is 1. The van der Waals surface area contributed by atoms with E-state index in [0.29, 0.717) is 12.0 Å². The van der Waals surface area contributed by atoms with Crippen LogP contribution >= 0.6 is 11.3 Å². The zero-order valence-electron chi connectivity index (χ0n) is 16.3. The van der Waals surface area contributed by atoms with Crippen LogP contribution in [0, 0.1) is 12.8 Å². The normalized spacial score (nSPS) is 16.7. The first kappa shape index (κ1) is 19.4. The molecule has 0 saturated heterocycles. The fourth-order valence-corrected chi connectivity index (χ4v) is 6.65. The molecule has 148 valence electrons. The summed E-state index contributed by atoms with van der Waals surface area (Å²) in [4.78, 5) is 5.49. The Morgan fingerprint density at radius 3 is 2.64 bits per heavy atom. The summed E-state index contributed by atoms with van der Waals surface area (Å²) >= 11 is 1.31. The van der Waals surface area contributed by atoms with Gasteiger partial charge in [-0.05, 0) is 42.4 Å². The SMILES string of the molecule is Cc1c(CC(C)C)sc(S(N)(=O)=O)c1-c1ccc(C2CCc3nccn32)cc1. The highest BCUT2D eigenvalue weighted by molar-refractivity contribution is 7.91. The summed E-state index contributed by atoms with van der Waals surface area (Å²) in [5, 5.41) is 5.55. The minimum absolute atomic E-state index is 0.270. The van der Waals surface area contributed by atoms with Gasteiger partial charge in [-0.3, -0.25) is 0 Å². The molecule has 0 bridgehead atoms. The number of aromatic nitrogens is 2. The van der Waals surface area contributed by atoms with E-state index in [1.807, 2.05) is 31.5 Å². The third-order valence-corrected chi connectivity index (χ3v) is 8.15. The van der Waals surface area contributed by atoms with E-state index in [2.05, 4.69) is 35.5 Å². The summed E-state index contributed by atoms with van der Waals surface area (Å²) in [5.74, 6) is 1.57. The number of hydrogen-bond acceptors (Lipinski definition) is 4. The van der Waals surface area contributed by atoms with Crippen LogP contribution in [0.3, 0.4) is 0 Å². The number of benzene rings is 1. The van der Waals surface area contributed by atoms with Gasteiger partial charge in [0.15, 0.2) is 0 Å². The largest absolute Gasteiger partial charge is 0.327 e. The first-order valence-electron chi connectivity index (χ1n) is 9.52. The molecule has 0 spiro atoms. The van der Waals surface area contributed by atoms with Gasteiger partial charge in [0.2, 0.25) is 10.0 Å². The van der Waals surface area contributed by atoms with Gasteiger partial charge in [0, 0.05) is 29.3 Å². The molecule has 2 aromatic heterocycles. The van der Waals surface area contributed by atoms with Gasteiger partial charge < -0.3 is 4.57 Å². The average molecular weight is 416 g/mol. The van der Waals surface area contributed by atoms with E-state index in [-0.39, 0.29) is 4.21 Å². The molecule has 2 N–H and O–H groups in total. The van der Waals surface area contributed by atoms with Crippen molar-refractivity contribution >= 4 is 21.4 Å². The third kappa shape index (κ3) is 3.43. The summed E-state index contributed by atoms with van der Waals surface area (Å²) in [7, 11) is -3.77. The van der Waals surface area contributed by atoms with E-state index in [0.717, 1.165) is 46.7 Å². The molecular weight excluding hydrogens is 390 g/mol. The maximum absolute atomic E-state index is 12.2. The Morgan fingerprint density at radius 2 is 2.00 bits per heavy atom. The number of primary sulfonamides is 1. The molecule has 3 heterocycles. The minimum atomic E-state index is -3.77. The summed E-state index contributed by atoms with van der Waals surface area (Å²) in [6.07, 6.45) is 6.75. The topological polar surface area (TPSA) is 78.0 Å². The summed E-state index contributed by atoms with van der Waals surface area (Å²) in [6.45, 7) is 6.27. The predicted octanol–water partition coefficient (Wildman–Crippen LogP) is 4.30. The quantitative estimate of drug-likeness (QED) is 0.675. The Morgan fingerprint density at radius 1 is 1.29 bits per heavy atom. The summed E-state index contributed by atoms with van der Waals surface area (Å²) in [5.41, 5.74) is 3.89. The van der Waals surface area contributed by atoms with Gasteiger partial charge in [0.1, 0.15) is 10.0 Å². The van der Waals surface area contributed by atoms with Crippen molar-refractivity contribution in [3.05, 3.63) is 58.5 Å². The molecule has 0 saturated carbocycles.